The average molecular weight is 358 g/mol. The van der Waals surface area contributed by atoms with Gasteiger partial charge in [-0.3, -0.25) is 4.79 Å². The second-order valence-electron chi connectivity index (χ2n) is 6.28. The Bertz CT molecular complexity index is 805. The number of carbonyl (C=O) groups is 2. The van der Waals surface area contributed by atoms with Crippen molar-refractivity contribution in [3.8, 4) is 0 Å². The van der Waals surface area contributed by atoms with E-state index < -0.39 is 0 Å². The number of carbonyl (C=O) groups excluding carboxylic acids is 2. The molecule has 130 valence electrons. The number of hydrogen-bond donors (Lipinski definition) is 2. The minimum atomic E-state index is -0.306. The smallest absolute Gasteiger partial charge is 0.319 e. The highest BCUT2D eigenvalue weighted by Crippen LogP contribution is 2.23. The molecule has 1 aliphatic heterocycles. The number of aryl methyl sites for hydroxylation is 2. The second kappa shape index (κ2) is 7.15. The van der Waals surface area contributed by atoms with Gasteiger partial charge in [0.1, 0.15) is 0 Å². The first kappa shape index (κ1) is 17.3. The molecule has 0 aromatic heterocycles. The first-order valence-corrected chi connectivity index (χ1v) is 8.51. The minimum Gasteiger partial charge on any atom is -0.333 e. The standard InChI is InChI=1S/C19H20ClN3O2/c1-12-3-6-15(9-13(12)2)21-19(25)22-16-10-18(24)23(11-16)17-7-4-14(20)5-8-17/h3-9,16H,10-11H2,1-2H3,(H2,21,22,25). The molecule has 2 aromatic rings. The first-order valence-electron chi connectivity index (χ1n) is 8.13. The van der Waals surface area contributed by atoms with Gasteiger partial charge in [0.25, 0.3) is 0 Å². The summed E-state index contributed by atoms with van der Waals surface area (Å²) in [4.78, 5) is 26.1. The molecule has 0 aliphatic carbocycles. The van der Waals surface area contributed by atoms with Gasteiger partial charge in [0.15, 0.2) is 0 Å². The van der Waals surface area contributed by atoms with Gasteiger partial charge in [0.2, 0.25) is 5.91 Å². The third-order valence-corrected chi connectivity index (χ3v) is 4.62. The Morgan fingerprint density at radius 3 is 2.52 bits per heavy atom. The topological polar surface area (TPSA) is 61.4 Å². The summed E-state index contributed by atoms with van der Waals surface area (Å²) in [7, 11) is 0. The summed E-state index contributed by atoms with van der Waals surface area (Å²) < 4.78 is 0. The van der Waals surface area contributed by atoms with Gasteiger partial charge in [-0.1, -0.05) is 17.7 Å². The van der Waals surface area contributed by atoms with E-state index in [2.05, 4.69) is 10.6 Å². The molecular weight excluding hydrogens is 338 g/mol. The molecule has 0 saturated carbocycles. The lowest BCUT2D eigenvalue weighted by molar-refractivity contribution is -0.117. The van der Waals surface area contributed by atoms with Crippen LogP contribution in [0, 0.1) is 13.8 Å². The Hall–Kier alpha value is -2.53. The Labute approximate surface area is 152 Å². The number of nitrogens with zero attached hydrogens (tertiary/aromatic N) is 1. The molecule has 3 amide bonds. The van der Waals surface area contributed by atoms with Crippen molar-refractivity contribution in [2.24, 2.45) is 0 Å². The van der Waals surface area contributed by atoms with Crippen LogP contribution in [-0.4, -0.2) is 24.5 Å². The van der Waals surface area contributed by atoms with E-state index in [0.717, 1.165) is 16.9 Å². The van der Waals surface area contributed by atoms with Crippen molar-refractivity contribution in [3.05, 3.63) is 58.6 Å². The Morgan fingerprint density at radius 2 is 1.84 bits per heavy atom. The van der Waals surface area contributed by atoms with Gasteiger partial charge in [0, 0.05) is 29.4 Å². The molecule has 6 heteroatoms. The number of nitrogens with one attached hydrogen (secondary N) is 2. The summed E-state index contributed by atoms with van der Waals surface area (Å²) >= 11 is 5.88. The maximum absolute atomic E-state index is 12.2. The summed E-state index contributed by atoms with van der Waals surface area (Å²) in [6.07, 6.45) is 0.281. The number of anilines is 2. The van der Waals surface area contributed by atoms with Crippen molar-refractivity contribution in [1.29, 1.82) is 0 Å². The molecular formula is C19H20ClN3O2. The van der Waals surface area contributed by atoms with Crippen LogP contribution in [0.1, 0.15) is 17.5 Å². The molecule has 0 spiro atoms. The summed E-state index contributed by atoms with van der Waals surface area (Å²) in [5.41, 5.74) is 3.81. The van der Waals surface area contributed by atoms with Crippen LogP contribution in [0.5, 0.6) is 0 Å². The lowest BCUT2D eigenvalue weighted by atomic mass is 10.1. The maximum atomic E-state index is 12.2. The predicted octanol–water partition coefficient (Wildman–Crippen LogP) is 3.88. The quantitative estimate of drug-likeness (QED) is 0.875. The van der Waals surface area contributed by atoms with Gasteiger partial charge < -0.3 is 15.5 Å². The van der Waals surface area contributed by atoms with Gasteiger partial charge in [0.05, 0.1) is 6.04 Å². The van der Waals surface area contributed by atoms with E-state index in [4.69, 9.17) is 11.6 Å². The maximum Gasteiger partial charge on any atom is 0.319 e. The third kappa shape index (κ3) is 4.12. The molecule has 1 saturated heterocycles. The number of halogens is 1. The summed E-state index contributed by atoms with van der Waals surface area (Å²) in [5, 5.41) is 6.30. The van der Waals surface area contributed by atoms with Crippen molar-refractivity contribution in [1.82, 2.24) is 5.32 Å². The van der Waals surface area contributed by atoms with E-state index in [1.54, 1.807) is 29.2 Å². The van der Waals surface area contributed by atoms with Gasteiger partial charge in [-0.25, -0.2) is 4.79 Å². The highest BCUT2D eigenvalue weighted by Gasteiger charge is 2.31. The lowest BCUT2D eigenvalue weighted by Crippen LogP contribution is -2.39. The second-order valence-corrected chi connectivity index (χ2v) is 6.72. The van der Waals surface area contributed by atoms with Crippen molar-refractivity contribution in [3.63, 3.8) is 0 Å². The van der Waals surface area contributed by atoms with E-state index in [0.29, 0.717) is 11.6 Å². The highest BCUT2D eigenvalue weighted by atomic mass is 35.5. The summed E-state index contributed by atoms with van der Waals surface area (Å²) in [6, 6.07) is 12.3. The molecule has 1 aliphatic rings. The van der Waals surface area contributed by atoms with Crippen molar-refractivity contribution in [2.45, 2.75) is 26.3 Å². The third-order valence-electron chi connectivity index (χ3n) is 4.36. The van der Waals surface area contributed by atoms with E-state index >= 15 is 0 Å². The van der Waals surface area contributed by atoms with Crippen LogP contribution in [0.15, 0.2) is 42.5 Å². The van der Waals surface area contributed by atoms with Crippen molar-refractivity contribution in [2.75, 3.05) is 16.8 Å². The predicted molar refractivity (Wildman–Crippen MR) is 100 cm³/mol. The van der Waals surface area contributed by atoms with E-state index in [9.17, 15) is 9.59 Å². The normalized spacial score (nSPS) is 16.8. The van der Waals surface area contributed by atoms with Crippen LogP contribution < -0.4 is 15.5 Å². The molecule has 1 atom stereocenters. The highest BCUT2D eigenvalue weighted by molar-refractivity contribution is 6.30. The van der Waals surface area contributed by atoms with Gasteiger partial charge >= 0.3 is 6.03 Å². The number of benzene rings is 2. The fraction of sp³-hybridized carbons (Fsp3) is 0.263. The average Bonchev–Trinajstić information content (AvgIpc) is 2.92. The van der Waals surface area contributed by atoms with Crippen LogP contribution in [0.4, 0.5) is 16.2 Å². The van der Waals surface area contributed by atoms with Crippen LogP contribution in [0.25, 0.3) is 0 Å². The fourth-order valence-electron chi connectivity index (χ4n) is 2.85. The minimum absolute atomic E-state index is 0.0150. The fourth-order valence-corrected chi connectivity index (χ4v) is 2.97. The summed E-state index contributed by atoms with van der Waals surface area (Å²) in [5.74, 6) is -0.0150. The zero-order valence-corrected chi connectivity index (χ0v) is 14.9. The molecule has 1 fully saturated rings. The number of amides is 3. The monoisotopic (exact) mass is 357 g/mol. The zero-order valence-electron chi connectivity index (χ0n) is 14.2. The molecule has 0 radical (unpaired) electrons. The van der Waals surface area contributed by atoms with Crippen molar-refractivity contribution >= 4 is 34.9 Å². The van der Waals surface area contributed by atoms with Gasteiger partial charge in [-0.15, -0.1) is 0 Å². The molecule has 1 heterocycles. The number of hydrogen-bond acceptors (Lipinski definition) is 2. The van der Waals surface area contributed by atoms with Crippen LogP contribution in [0.2, 0.25) is 5.02 Å². The Balaban J connectivity index is 1.60. The zero-order chi connectivity index (χ0) is 18.0. The summed E-state index contributed by atoms with van der Waals surface area (Å²) in [6.45, 7) is 4.47. The van der Waals surface area contributed by atoms with Gasteiger partial charge in [-0.05, 0) is 61.4 Å². The van der Waals surface area contributed by atoms with Crippen LogP contribution >= 0.6 is 11.6 Å². The molecule has 3 rings (SSSR count). The molecule has 25 heavy (non-hydrogen) atoms. The molecule has 5 nitrogen and oxygen atoms in total. The van der Waals surface area contributed by atoms with E-state index in [1.807, 2.05) is 32.0 Å². The molecule has 2 N–H and O–H groups in total. The van der Waals surface area contributed by atoms with Crippen LogP contribution in [-0.2, 0) is 4.79 Å². The Morgan fingerprint density at radius 1 is 1.12 bits per heavy atom. The largest absolute Gasteiger partial charge is 0.333 e. The van der Waals surface area contributed by atoms with E-state index in [-0.39, 0.29) is 24.4 Å². The SMILES string of the molecule is Cc1ccc(NC(=O)NC2CC(=O)N(c3ccc(Cl)cc3)C2)cc1C. The van der Waals surface area contributed by atoms with Crippen molar-refractivity contribution < 1.29 is 9.59 Å². The lowest BCUT2D eigenvalue weighted by Gasteiger charge is -2.17. The van der Waals surface area contributed by atoms with Crippen LogP contribution in [0.3, 0.4) is 0 Å². The van der Waals surface area contributed by atoms with E-state index in [1.165, 1.54) is 5.56 Å². The number of urea groups is 1. The number of rotatable bonds is 3. The first-order chi connectivity index (χ1) is 11.9. The molecule has 0 bridgehead atoms. The Kier molecular flexibility index (Phi) is 4.95. The molecule has 2 aromatic carbocycles. The molecule has 1 unspecified atom stereocenters. The van der Waals surface area contributed by atoms with Gasteiger partial charge in [-0.2, -0.15) is 0 Å².